The predicted octanol–water partition coefficient (Wildman–Crippen LogP) is 10.1. The van der Waals surface area contributed by atoms with Gasteiger partial charge in [-0.05, 0) is 81.6 Å². The molecule has 7 rings (SSSR count). The lowest BCUT2D eigenvalue weighted by Gasteiger charge is -2.42. The van der Waals surface area contributed by atoms with Gasteiger partial charge in [-0.25, -0.2) is 0 Å². The molecule has 1 nitrogen and oxygen atoms in total. The first-order valence-electron chi connectivity index (χ1n) is 13.0. The minimum absolute atomic E-state index is 0.193. The summed E-state index contributed by atoms with van der Waals surface area (Å²) < 4.78 is 2.85. The fourth-order valence-corrected chi connectivity index (χ4v) is 7.96. The van der Waals surface area contributed by atoms with Crippen LogP contribution in [0.15, 0.2) is 72.9 Å². The van der Waals surface area contributed by atoms with E-state index in [1.165, 1.54) is 71.2 Å². The minimum atomic E-state index is 0.193. The molecule has 0 saturated carbocycles. The number of nitrogens with zero attached hydrogens (tertiary/aromatic N) is 1. The van der Waals surface area contributed by atoms with E-state index in [4.69, 9.17) is 4.98 Å². The van der Waals surface area contributed by atoms with Crippen LogP contribution in [0, 0.1) is 6.92 Å². The van der Waals surface area contributed by atoms with E-state index in [0.717, 1.165) is 5.69 Å². The van der Waals surface area contributed by atoms with Crippen molar-refractivity contribution in [2.24, 2.45) is 0 Å². The van der Waals surface area contributed by atoms with E-state index in [-0.39, 0.29) is 10.8 Å². The molecule has 0 amide bonds. The number of hydrogen-bond donors (Lipinski definition) is 0. The number of hydrogen-bond acceptors (Lipinski definition) is 2. The van der Waals surface area contributed by atoms with E-state index in [2.05, 4.69) is 101 Å². The molecule has 0 fully saturated rings. The maximum Gasteiger partial charge on any atom is 0.0786 e. The zero-order valence-electron chi connectivity index (χ0n) is 21.7. The molecule has 2 aromatic heterocycles. The van der Waals surface area contributed by atoms with Gasteiger partial charge < -0.3 is 0 Å². The number of fused-ring (bicyclic) bond motifs is 7. The van der Waals surface area contributed by atoms with E-state index in [1.54, 1.807) is 5.56 Å². The van der Waals surface area contributed by atoms with Crippen LogP contribution in [0.5, 0.6) is 0 Å². The van der Waals surface area contributed by atoms with Crippen molar-refractivity contribution in [2.45, 2.75) is 58.3 Å². The molecule has 0 atom stereocenters. The molecule has 2 heterocycles. The molecule has 178 valence electrons. The van der Waals surface area contributed by atoms with Crippen molar-refractivity contribution in [1.29, 1.82) is 0 Å². The second-order valence-electron chi connectivity index (χ2n) is 11.9. The summed E-state index contributed by atoms with van der Waals surface area (Å²) in [5, 5.41) is 7.81. The maximum absolute atomic E-state index is 4.94. The van der Waals surface area contributed by atoms with Crippen molar-refractivity contribution >= 4 is 53.1 Å². The van der Waals surface area contributed by atoms with Crippen LogP contribution in [0.1, 0.15) is 57.2 Å². The molecule has 0 N–H and O–H groups in total. The van der Waals surface area contributed by atoms with Crippen molar-refractivity contribution in [3.63, 3.8) is 0 Å². The summed E-state index contributed by atoms with van der Waals surface area (Å²) in [6.45, 7) is 11.9. The van der Waals surface area contributed by atoms with Gasteiger partial charge in [-0.15, -0.1) is 11.3 Å². The molecule has 0 unspecified atom stereocenters. The monoisotopic (exact) mass is 485 g/mol. The molecule has 0 bridgehead atoms. The van der Waals surface area contributed by atoms with Crippen molar-refractivity contribution in [1.82, 2.24) is 4.98 Å². The van der Waals surface area contributed by atoms with Crippen LogP contribution >= 0.6 is 11.3 Å². The largest absolute Gasteiger partial charge is 0.256 e. The third-order valence-corrected chi connectivity index (χ3v) is 9.89. The number of thiophene rings is 1. The van der Waals surface area contributed by atoms with Crippen LogP contribution < -0.4 is 0 Å². The smallest absolute Gasteiger partial charge is 0.0786 e. The topological polar surface area (TPSA) is 12.9 Å². The first kappa shape index (κ1) is 22.0. The van der Waals surface area contributed by atoms with Crippen LogP contribution in [0.4, 0.5) is 0 Å². The highest BCUT2D eigenvalue weighted by atomic mass is 32.1. The lowest BCUT2D eigenvalue weighted by Crippen LogP contribution is -2.33. The predicted molar refractivity (Wildman–Crippen MR) is 158 cm³/mol. The summed E-state index contributed by atoms with van der Waals surface area (Å²) in [6.07, 6.45) is 4.45. The highest BCUT2D eigenvalue weighted by Crippen LogP contribution is 2.51. The molecule has 1 aliphatic carbocycles. The van der Waals surface area contributed by atoms with Gasteiger partial charge in [-0.2, -0.15) is 0 Å². The fourth-order valence-electron chi connectivity index (χ4n) is 6.50. The van der Waals surface area contributed by atoms with Gasteiger partial charge in [0.1, 0.15) is 0 Å². The summed E-state index contributed by atoms with van der Waals surface area (Å²) >= 11 is 1.98. The number of rotatable bonds is 1. The van der Waals surface area contributed by atoms with Gasteiger partial charge >= 0.3 is 0 Å². The first-order valence-corrected chi connectivity index (χ1v) is 13.8. The van der Waals surface area contributed by atoms with Crippen molar-refractivity contribution in [2.75, 3.05) is 0 Å². The molecule has 6 aromatic rings. The van der Waals surface area contributed by atoms with E-state index < -0.39 is 0 Å². The number of pyridine rings is 1. The van der Waals surface area contributed by atoms with Gasteiger partial charge in [0.2, 0.25) is 0 Å². The Kier molecular flexibility index (Phi) is 4.52. The summed E-state index contributed by atoms with van der Waals surface area (Å²) in [5.41, 5.74) is 7.11. The van der Waals surface area contributed by atoms with E-state index >= 15 is 0 Å². The van der Waals surface area contributed by atoms with Crippen molar-refractivity contribution < 1.29 is 0 Å². The highest BCUT2D eigenvalue weighted by molar-refractivity contribution is 7.26. The third-order valence-electron chi connectivity index (χ3n) is 8.70. The number of aromatic nitrogens is 1. The Labute approximate surface area is 216 Å². The van der Waals surface area contributed by atoms with Crippen LogP contribution in [0.25, 0.3) is 53.0 Å². The average molecular weight is 486 g/mol. The van der Waals surface area contributed by atoms with Gasteiger partial charge in [0, 0.05) is 37.3 Å². The Bertz CT molecular complexity index is 1850. The number of benzene rings is 4. The van der Waals surface area contributed by atoms with Crippen LogP contribution in [-0.4, -0.2) is 4.98 Å². The SMILES string of the molecule is Cc1ccc(-c2nccc3cc4sc5c6c(ccc5c4cc23)C(C)(C)CCC6(C)C)c2ccccc12. The lowest BCUT2D eigenvalue weighted by atomic mass is 9.63. The Morgan fingerprint density at radius 3 is 2.33 bits per heavy atom. The molecular weight excluding hydrogens is 454 g/mol. The van der Waals surface area contributed by atoms with Gasteiger partial charge in [0.25, 0.3) is 0 Å². The summed E-state index contributed by atoms with van der Waals surface area (Å²) in [4.78, 5) is 4.94. The van der Waals surface area contributed by atoms with E-state index in [1.807, 2.05) is 17.5 Å². The third kappa shape index (κ3) is 3.04. The fraction of sp³-hybridized carbons (Fsp3) is 0.265. The molecule has 0 aliphatic heterocycles. The minimum Gasteiger partial charge on any atom is -0.256 e. The second kappa shape index (κ2) is 7.40. The average Bonchev–Trinajstić information content (AvgIpc) is 3.23. The molecule has 4 aromatic carbocycles. The van der Waals surface area contributed by atoms with Crippen LogP contribution in [-0.2, 0) is 10.8 Å². The molecule has 36 heavy (non-hydrogen) atoms. The molecule has 2 heteroatoms. The van der Waals surface area contributed by atoms with E-state index in [0.29, 0.717) is 0 Å². The quantitative estimate of drug-likeness (QED) is 0.226. The Morgan fingerprint density at radius 2 is 1.50 bits per heavy atom. The summed E-state index contributed by atoms with van der Waals surface area (Å²) in [6, 6.07) is 25.0. The van der Waals surface area contributed by atoms with Gasteiger partial charge in [0.15, 0.2) is 0 Å². The standard InChI is InChI=1S/C34H31NS/c1-20-10-11-24(23-9-7-6-8-22(20)23)31-26-19-27-25-12-13-28-30(34(4,5)16-15-33(28,2)3)32(25)36-29(27)18-21(26)14-17-35-31/h6-14,17-19H,15-16H2,1-5H3. The van der Waals surface area contributed by atoms with Crippen molar-refractivity contribution in [3.05, 3.63) is 89.6 Å². The second-order valence-corrected chi connectivity index (χ2v) is 13.0. The Morgan fingerprint density at radius 1 is 0.722 bits per heavy atom. The normalized spacial score (nSPS) is 16.7. The van der Waals surface area contributed by atoms with Crippen LogP contribution in [0.2, 0.25) is 0 Å². The van der Waals surface area contributed by atoms with Gasteiger partial charge in [0.05, 0.1) is 5.69 Å². The van der Waals surface area contributed by atoms with Gasteiger partial charge in [-0.1, -0.05) is 76.2 Å². The molecular formula is C34H31NS. The van der Waals surface area contributed by atoms with E-state index in [9.17, 15) is 0 Å². The molecule has 0 radical (unpaired) electrons. The molecule has 0 saturated heterocycles. The zero-order valence-corrected chi connectivity index (χ0v) is 22.5. The molecule has 1 aliphatic rings. The van der Waals surface area contributed by atoms with Crippen molar-refractivity contribution in [3.8, 4) is 11.3 Å². The summed E-state index contributed by atoms with van der Waals surface area (Å²) in [7, 11) is 0. The molecule has 0 spiro atoms. The summed E-state index contributed by atoms with van der Waals surface area (Å²) in [5.74, 6) is 0. The highest BCUT2D eigenvalue weighted by Gasteiger charge is 2.38. The Hall–Kier alpha value is -3.23. The zero-order chi connectivity index (χ0) is 24.8. The van der Waals surface area contributed by atoms with Crippen LogP contribution in [0.3, 0.4) is 0 Å². The maximum atomic E-state index is 4.94. The number of aryl methyl sites for hydroxylation is 1. The van der Waals surface area contributed by atoms with Gasteiger partial charge in [-0.3, -0.25) is 4.98 Å². The lowest BCUT2D eigenvalue weighted by molar-refractivity contribution is 0.335. The first-order chi connectivity index (χ1) is 17.2. The Balaban J connectivity index is 1.56.